The van der Waals surface area contributed by atoms with Crippen LogP contribution in [0.25, 0.3) is 0 Å². The summed E-state index contributed by atoms with van der Waals surface area (Å²) in [5.41, 5.74) is 0. The Morgan fingerprint density at radius 1 is 0.175 bits per heavy atom. The van der Waals surface area contributed by atoms with Gasteiger partial charge in [-0.15, -0.1) is 0 Å². The van der Waals surface area contributed by atoms with E-state index >= 15 is 0 Å². The van der Waals surface area contributed by atoms with E-state index in [0.29, 0.717) is 0 Å². The Hall–Kier alpha value is -5.80. The largest absolute Gasteiger partial charge is 0.494 e. The van der Waals surface area contributed by atoms with Crippen molar-refractivity contribution in [2.75, 3.05) is 39.6 Å². The molecule has 0 fully saturated rings. The number of allylic oxidation sites excluding steroid dienone is 6. The summed E-state index contributed by atoms with van der Waals surface area (Å²) < 4.78 is 37.7. The van der Waals surface area contributed by atoms with Crippen LogP contribution in [0.1, 0.15) is 154 Å². The molecule has 0 aliphatic carbocycles. The van der Waals surface area contributed by atoms with Gasteiger partial charge in [-0.05, 0) is 275 Å². The number of rotatable bonds is 0. The maximum absolute atomic E-state index is 6.28. The summed E-state index contributed by atoms with van der Waals surface area (Å²) >= 11 is 0. The Labute approximate surface area is 483 Å². The monoisotopic (exact) mass is 1110 g/mol. The van der Waals surface area contributed by atoms with Crippen molar-refractivity contribution in [3.8, 4) is 34.5 Å². The summed E-state index contributed by atoms with van der Waals surface area (Å²) in [4.78, 5) is 0. The van der Waals surface area contributed by atoms with Crippen LogP contribution in [0.5, 0.6) is 34.5 Å². The molecule has 6 nitrogen and oxygen atoms in total. The second-order valence-electron chi connectivity index (χ2n) is 21.2. The zero-order valence-corrected chi connectivity index (χ0v) is 49.7. The molecule has 8 heteroatoms. The molecule has 0 radical (unpaired) electrons. The lowest BCUT2D eigenvalue weighted by Crippen LogP contribution is -2.20. The molecule has 21 heterocycles. The molecular formula is C72H90O6P2. The molecule has 21 aliphatic heterocycles. The van der Waals surface area contributed by atoms with Gasteiger partial charge >= 0.3 is 0 Å². The predicted molar refractivity (Wildman–Crippen MR) is 341 cm³/mol. The first-order chi connectivity index (χ1) is 39.7. The van der Waals surface area contributed by atoms with Crippen LogP contribution in [0.3, 0.4) is 0 Å². The van der Waals surface area contributed by atoms with Crippen LogP contribution in [-0.2, 0) is 0 Å². The third-order valence-electron chi connectivity index (χ3n) is 14.8. The quantitative estimate of drug-likeness (QED) is 0.112. The van der Waals surface area contributed by atoms with Crippen LogP contribution in [-0.4, -0.2) is 39.6 Å². The van der Waals surface area contributed by atoms with E-state index in [0.717, 1.165) is 190 Å². The van der Waals surface area contributed by atoms with E-state index in [4.69, 9.17) is 28.4 Å². The molecule has 27 rings (SSSR count). The normalized spacial score (nSPS) is 19.6. The average molecular weight is 1110 g/mol. The number of ether oxygens (including phenoxy) is 6. The van der Waals surface area contributed by atoms with Gasteiger partial charge < -0.3 is 28.4 Å². The molecule has 6 aromatic carbocycles. The third-order valence-corrected chi connectivity index (χ3v) is 19.7. The second kappa shape index (κ2) is 36.5. The zero-order valence-electron chi connectivity index (χ0n) is 47.9. The molecule has 80 heavy (non-hydrogen) atoms. The van der Waals surface area contributed by atoms with E-state index in [1.807, 2.05) is 0 Å². The molecule has 6 aromatic rings. The summed E-state index contributed by atoms with van der Waals surface area (Å²) in [6, 6.07) is 53.0. The van der Waals surface area contributed by atoms with Crippen LogP contribution in [0, 0.1) is 0 Å². The molecule has 0 N–H and O–H groups in total. The van der Waals surface area contributed by atoms with Gasteiger partial charge in [-0.3, -0.25) is 0 Å². The highest BCUT2D eigenvalue weighted by Crippen LogP contribution is 2.36. The van der Waals surface area contributed by atoms with Gasteiger partial charge in [0, 0.05) is 0 Å². The lowest BCUT2D eigenvalue weighted by atomic mass is 10.1. The van der Waals surface area contributed by atoms with Gasteiger partial charge in [0.2, 0.25) is 0 Å². The van der Waals surface area contributed by atoms with Crippen LogP contribution >= 0.6 is 15.8 Å². The van der Waals surface area contributed by atoms with Gasteiger partial charge in [-0.25, -0.2) is 0 Å². The van der Waals surface area contributed by atoms with Gasteiger partial charge in [0.25, 0.3) is 0 Å². The minimum atomic E-state index is -0.807. The van der Waals surface area contributed by atoms with Crippen LogP contribution in [0.2, 0.25) is 0 Å². The lowest BCUT2D eigenvalue weighted by Gasteiger charge is -2.20. The Morgan fingerprint density at radius 2 is 0.325 bits per heavy atom. The van der Waals surface area contributed by atoms with E-state index in [1.54, 1.807) is 0 Å². The SMILES string of the molecule is C1=CCCCCCOc2ccc(cc2)P2c3ccc(cc3)OCCCCCC=CCCCCCOc3ccc(cc3)P(c3ccc(cc3)OCCCCC1)c1ccc(cc1)OCCCCC/C=C\CCCCCOc1ccc2cc1. The first-order valence-corrected chi connectivity index (χ1v) is 33.4. The zero-order chi connectivity index (χ0) is 54.8. The van der Waals surface area contributed by atoms with Crippen molar-refractivity contribution < 1.29 is 28.4 Å². The number of benzene rings is 6. The van der Waals surface area contributed by atoms with Crippen LogP contribution in [0.4, 0.5) is 0 Å². The van der Waals surface area contributed by atoms with Crippen molar-refractivity contribution in [1.29, 1.82) is 0 Å². The second-order valence-corrected chi connectivity index (χ2v) is 25.7. The first kappa shape index (κ1) is 60.3. The minimum Gasteiger partial charge on any atom is -0.494 e. The molecule has 0 unspecified atom stereocenters. The van der Waals surface area contributed by atoms with Crippen molar-refractivity contribution in [2.24, 2.45) is 0 Å². The molecule has 424 valence electrons. The van der Waals surface area contributed by atoms with Crippen molar-refractivity contribution in [1.82, 2.24) is 0 Å². The molecule has 0 saturated heterocycles. The Balaban J connectivity index is 0.941. The summed E-state index contributed by atoms with van der Waals surface area (Å²) in [7, 11) is -1.61. The molecule has 21 aliphatic rings. The molecule has 0 atom stereocenters. The topological polar surface area (TPSA) is 55.4 Å². The molecule has 0 amide bonds. The fraction of sp³-hybridized carbons (Fsp3) is 0.417. The Bertz CT molecular complexity index is 2180. The van der Waals surface area contributed by atoms with Crippen LogP contribution < -0.4 is 60.2 Å². The number of hydrogen-bond acceptors (Lipinski definition) is 6. The molecule has 14 bridgehead atoms. The fourth-order valence-corrected chi connectivity index (χ4v) is 14.6. The Morgan fingerprint density at radius 3 is 0.475 bits per heavy atom. The van der Waals surface area contributed by atoms with Gasteiger partial charge in [-0.2, -0.15) is 0 Å². The highest BCUT2D eigenvalue weighted by molar-refractivity contribution is 7.80. The molecular weight excluding hydrogens is 1020 g/mol. The molecule has 0 aromatic heterocycles. The van der Waals surface area contributed by atoms with Gasteiger partial charge in [0.1, 0.15) is 34.5 Å². The third kappa shape index (κ3) is 21.9. The summed E-state index contributed by atoms with van der Waals surface area (Å²) in [5, 5.41) is 7.78. The summed E-state index contributed by atoms with van der Waals surface area (Å²) in [6.45, 7) is 4.40. The first-order valence-electron chi connectivity index (χ1n) is 30.7. The van der Waals surface area contributed by atoms with E-state index in [9.17, 15) is 0 Å². The number of hydrogen-bond donors (Lipinski definition) is 0. The van der Waals surface area contributed by atoms with E-state index < -0.39 is 15.8 Å². The van der Waals surface area contributed by atoms with Gasteiger partial charge in [-0.1, -0.05) is 109 Å². The van der Waals surface area contributed by atoms with E-state index in [2.05, 4.69) is 182 Å². The highest BCUT2D eigenvalue weighted by Gasteiger charge is 2.19. The predicted octanol–water partition coefficient (Wildman–Crippen LogP) is 17.2. The maximum Gasteiger partial charge on any atom is 0.119 e. The summed E-state index contributed by atoms with van der Waals surface area (Å²) in [5.74, 6) is 5.60. The van der Waals surface area contributed by atoms with E-state index in [1.165, 1.54) is 70.4 Å². The van der Waals surface area contributed by atoms with Crippen molar-refractivity contribution in [3.05, 3.63) is 182 Å². The van der Waals surface area contributed by atoms with E-state index in [-0.39, 0.29) is 0 Å². The highest BCUT2D eigenvalue weighted by atomic mass is 31.1. The average Bonchev–Trinajstić information content (AvgIpc) is 3.49. The minimum absolute atomic E-state index is 0.734. The molecule has 0 spiro atoms. The molecule has 0 saturated carbocycles. The van der Waals surface area contributed by atoms with Crippen LogP contribution in [0.15, 0.2) is 182 Å². The summed E-state index contributed by atoms with van der Waals surface area (Å²) in [6.07, 6.45) is 41.3. The van der Waals surface area contributed by atoms with Crippen molar-refractivity contribution in [3.63, 3.8) is 0 Å². The standard InChI is InChI=1S/C72H90O6P2/c1-2-8-14-20-26-56-74-62-33-45-68(46-34-62)80-71-51-39-65(40-52-71)77-59-29-23-17-11-5-3-9-15-21-27-57-75-63-35-47-69(48-36-63)79(67-43-31-61(32-44-67)73-55-25-19-13-7-1)70-49-37-64(38-50-70)76-58-28-22-16-10-4-6-12-18-24-30-60-78-66-41-53-72(80)54-42-66/h1-6,31-54H,7-30,55-60H2/b2-1-,5-3?,6-4?. The van der Waals surface area contributed by atoms with Crippen molar-refractivity contribution >= 4 is 47.7 Å². The Kier molecular flexibility index (Phi) is 27.5. The van der Waals surface area contributed by atoms with Crippen molar-refractivity contribution in [2.45, 2.75) is 154 Å². The maximum atomic E-state index is 6.28. The lowest BCUT2D eigenvalue weighted by molar-refractivity contribution is 0.305. The fourth-order valence-electron chi connectivity index (χ4n) is 10.1. The van der Waals surface area contributed by atoms with Gasteiger partial charge in [0.15, 0.2) is 0 Å². The van der Waals surface area contributed by atoms with Gasteiger partial charge in [0.05, 0.1) is 39.6 Å². The smallest absolute Gasteiger partial charge is 0.119 e.